The molecule has 3 aromatic heterocycles. The molecule has 1 aliphatic rings. The Morgan fingerprint density at radius 2 is 2.03 bits per heavy atom. The van der Waals surface area contributed by atoms with E-state index in [1.54, 1.807) is 22.8 Å². The van der Waals surface area contributed by atoms with Gasteiger partial charge in [0.2, 0.25) is 0 Å². The van der Waals surface area contributed by atoms with Gasteiger partial charge in [-0.2, -0.15) is 5.10 Å². The molecular formula is C28H29ClFN5O3. The molecule has 0 bridgehead atoms. The average molecular weight is 538 g/mol. The number of rotatable bonds is 10. The van der Waals surface area contributed by atoms with Gasteiger partial charge in [0.15, 0.2) is 6.10 Å². The molecule has 1 atom stereocenters. The lowest BCUT2D eigenvalue weighted by Crippen LogP contribution is -2.43. The first-order chi connectivity index (χ1) is 18.4. The predicted octanol–water partition coefficient (Wildman–Crippen LogP) is 4.62. The first-order valence-electron chi connectivity index (χ1n) is 12.4. The van der Waals surface area contributed by atoms with Gasteiger partial charge in [0, 0.05) is 23.5 Å². The lowest BCUT2D eigenvalue weighted by Gasteiger charge is -2.33. The molecule has 5 rings (SSSR count). The van der Waals surface area contributed by atoms with Gasteiger partial charge in [0.05, 0.1) is 48.1 Å². The third-order valence-corrected chi connectivity index (χ3v) is 6.79. The molecule has 10 heteroatoms. The summed E-state index contributed by atoms with van der Waals surface area (Å²) < 4.78 is 27.7. The minimum absolute atomic E-state index is 0.158. The van der Waals surface area contributed by atoms with Crippen LogP contribution >= 0.6 is 11.6 Å². The highest BCUT2D eigenvalue weighted by molar-refractivity contribution is 6.34. The third-order valence-electron chi connectivity index (χ3n) is 6.51. The Morgan fingerprint density at radius 3 is 2.74 bits per heavy atom. The van der Waals surface area contributed by atoms with Gasteiger partial charge in [0.25, 0.3) is 0 Å². The number of nitrogens with zero attached hydrogens (tertiary/aromatic N) is 3. The maximum absolute atomic E-state index is 13.6. The summed E-state index contributed by atoms with van der Waals surface area (Å²) in [6.45, 7) is 2.43. The number of aliphatic hydroxyl groups excluding tert-OH is 1. The van der Waals surface area contributed by atoms with E-state index in [0.717, 1.165) is 17.5 Å². The number of pyridine rings is 2. The molecule has 0 amide bonds. The van der Waals surface area contributed by atoms with E-state index in [1.165, 1.54) is 12.3 Å². The van der Waals surface area contributed by atoms with Crippen LogP contribution in [0.25, 0.3) is 11.2 Å². The van der Waals surface area contributed by atoms with E-state index in [0.29, 0.717) is 52.7 Å². The van der Waals surface area contributed by atoms with Gasteiger partial charge in [-0.3, -0.25) is 4.98 Å². The van der Waals surface area contributed by atoms with E-state index in [2.05, 4.69) is 15.4 Å². The van der Waals surface area contributed by atoms with Crippen LogP contribution in [0, 0.1) is 5.82 Å². The minimum Gasteiger partial charge on any atom is -0.479 e. The quantitative estimate of drug-likeness (QED) is 0.271. The van der Waals surface area contributed by atoms with Gasteiger partial charge >= 0.3 is 0 Å². The van der Waals surface area contributed by atoms with Gasteiger partial charge in [-0.1, -0.05) is 41.9 Å². The molecule has 1 saturated carbocycles. The smallest absolute Gasteiger partial charge is 0.164 e. The van der Waals surface area contributed by atoms with Crippen molar-refractivity contribution in [3.63, 3.8) is 0 Å². The van der Waals surface area contributed by atoms with Gasteiger partial charge in [0.1, 0.15) is 17.1 Å². The maximum Gasteiger partial charge on any atom is 0.164 e. The second-order valence-corrected chi connectivity index (χ2v) is 9.80. The number of fused-ring (bicyclic) bond motifs is 1. The number of allylic oxidation sites excluding steroid dienone is 1. The zero-order valence-electron chi connectivity index (χ0n) is 20.8. The Hall–Kier alpha value is -3.66. The lowest BCUT2D eigenvalue weighted by molar-refractivity contribution is 0.0390. The van der Waals surface area contributed by atoms with Crippen LogP contribution in [0.1, 0.15) is 42.7 Å². The van der Waals surface area contributed by atoms with E-state index < -0.39 is 11.9 Å². The highest BCUT2D eigenvalue weighted by Gasteiger charge is 2.27. The van der Waals surface area contributed by atoms with Crippen LogP contribution in [0.3, 0.4) is 0 Å². The van der Waals surface area contributed by atoms with Crippen LogP contribution in [0.2, 0.25) is 5.02 Å². The molecule has 0 radical (unpaired) electrons. The molecular weight excluding hydrogens is 509 g/mol. The van der Waals surface area contributed by atoms with Crippen molar-refractivity contribution in [2.45, 2.75) is 44.6 Å². The van der Waals surface area contributed by atoms with Crippen LogP contribution in [0.5, 0.6) is 5.75 Å². The summed E-state index contributed by atoms with van der Waals surface area (Å²) in [5.41, 5.74) is 10.6. The number of hydrogen-bond acceptors (Lipinski definition) is 7. The molecule has 0 spiro atoms. The van der Waals surface area contributed by atoms with Crippen LogP contribution in [0.15, 0.2) is 72.8 Å². The molecule has 0 aliphatic heterocycles. The number of benzene rings is 1. The van der Waals surface area contributed by atoms with Crippen molar-refractivity contribution in [2.24, 2.45) is 5.73 Å². The topological polar surface area (TPSA) is 107 Å². The maximum atomic E-state index is 13.6. The van der Waals surface area contributed by atoms with Crippen molar-refractivity contribution in [3.8, 4) is 5.75 Å². The van der Waals surface area contributed by atoms with E-state index in [-0.39, 0.29) is 18.8 Å². The molecule has 38 heavy (non-hydrogen) atoms. The second-order valence-electron chi connectivity index (χ2n) is 9.39. The molecule has 1 unspecified atom stereocenters. The summed E-state index contributed by atoms with van der Waals surface area (Å²) in [6, 6.07) is 14.7. The molecule has 0 saturated heterocycles. The van der Waals surface area contributed by atoms with Crippen molar-refractivity contribution in [1.82, 2.24) is 19.9 Å². The zero-order valence-corrected chi connectivity index (χ0v) is 21.6. The van der Waals surface area contributed by atoms with Crippen LogP contribution in [-0.4, -0.2) is 38.5 Å². The van der Waals surface area contributed by atoms with E-state index in [4.69, 9.17) is 26.8 Å². The lowest BCUT2D eigenvalue weighted by atomic mass is 9.89. The summed E-state index contributed by atoms with van der Waals surface area (Å²) in [5.74, 6) is -0.0138. The zero-order chi connectivity index (χ0) is 26.6. The normalized spacial score (nSPS) is 18.5. The summed E-state index contributed by atoms with van der Waals surface area (Å²) in [6.07, 6.45) is 4.89. The fourth-order valence-electron chi connectivity index (χ4n) is 4.36. The average Bonchev–Trinajstić information content (AvgIpc) is 3.28. The van der Waals surface area contributed by atoms with Crippen molar-refractivity contribution >= 4 is 22.8 Å². The SMILES string of the molecule is C/C(NC1CC(O)C1)=C(/N)c1cc(OC(COCc2ccccc2)c2ccc(F)cn2)c2c(Cl)cnn2c1. The van der Waals surface area contributed by atoms with Crippen molar-refractivity contribution in [3.05, 3.63) is 100 Å². The van der Waals surface area contributed by atoms with Crippen LogP contribution in [-0.2, 0) is 11.3 Å². The standard InChI is InChI=1S/C28H29ClFN5O3/c1-17(34-21-10-22(36)11-21)27(31)19-9-25(28-23(29)13-33-35(28)14-19)38-26(24-8-7-20(30)12-32-24)16-37-15-18-5-3-2-4-6-18/h2-9,12-14,21-22,26,34,36H,10-11,15-16,31H2,1H3/b27-17-. The molecule has 8 nitrogen and oxygen atoms in total. The number of aromatic nitrogens is 3. The van der Waals surface area contributed by atoms with E-state index in [1.807, 2.05) is 37.3 Å². The van der Waals surface area contributed by atoms with E-state index in [9.17, 15) is 9.50 Å². The number of aliphatic hydroxyl groups is 1. The predicted molar refractivity (Wildman–Crippen MR) is 143 cm³/mol. The largest absolute Gasteiger partial charge is 0.479 e. The number of nitrogens with one attached hydrogen (secondary N) is 1. The first kappa shape index (κ1) is 26.0. The van der Waals surface area contributed by atoms with Gasteiger partial charge in [-0.15, -0.1) is 0 Å². The Balaban J connectivity index is 1.44. The molecule has 1 aliphatic carbocycles. The summed E-state index contributed by atoms with van der Waals surface area (Å²) in [5, 5.41) is 17.7. The Morgan fingerprint density at radius 1 is 1.24 bits per heavy atom. The van der Waals surface area contributed by atoms with Crippen LogP contribution in [0.4, 0.5) is 4.39 Å². The fourth-order valence-corrected chi connectivity index (χ4v) is 4.58. The highest BCUT2D eigenvalue weighted by Crippen LogP contribution is 2.33. The monoisotopic (exact) mass is 537 g/mol. The molecule has 4 N–H and O–H groups in total. The molecule has 3 heterocycles. The van der Waals surface area contributed by atoms with Crippen molar-refractivity contribution < 1.29 is 19.0 Å². The Labute approximate surface area is 224 Å². The number of halogens is 2. The molecule has 198 valence electrons. The number of ether oxygens (including phenoxy) is 2. The van der Waals surface area contributed by atoms with Crippen molar-refractivity contribution in [2.75, 3.05) is 6.61 Å². The molecule has 1 aromatic carbocycles. The summed E-state index contributed by atoms with van der Waals surface area (Å²) in [4.78, 5) is 4.23. The van der Waals surface area contributed by atoms with Gasteiger partial charge in [-0.05, 0) is 43.5 Å². The second kappa shape index (κ2) is 11.4. The van der Waals surface area contributed by atoms with Crippen molar-refractivity contribution in [1.29, 1.82) is 0 Å². The molecule has 4 aromatic rings. The highest BCUT2D eigenvalue weighted by atomic mass is 35.5. The van der Waals surface area contributed by atoms with Gasteiger partial charge < -0.3 is 25.6 Å². The Bertz CT molecular complexity index is 1420. The van der Waals surface area contributed by atoms with Gasteiger partial charge in [-0.25, -0.2) is 8.91 Å². The summed E-state index contributed by atoms with van der Waals surface area (Å²) in [7, 11) is 0. The number of nitrogens with two attached hydrogens (primary N) is 1. The summed E-state index contributed by atoms with van der Waals surface area (Å²) >= 11 is 6.48. The first-order valence-corrected chi connectivity index (χ1v) is 12.7. The fraction of sp³-hybridized carbons (Fsp3) is 0.286. The minimum atomic E-state index is -0.662. The van der Waals surface area contributed by atoms with E-state index >= 15 is 0 Å². The number of hydrogen-bond donors (Lipinski definition) is 3. The third kappa shape index (κ3) is 5.91. The van der Waals surface area contributed by atoms with Crippen LogP contribution < -0.4 is 15.8 Å². The Kier molecular flexibility index (Phi) is 7.78. The molecule has 1 fully saturated rings.